The number of carboxylic acid groups (broad SMARTS) is 1. The molecule has 0 aromatic heterocycles. The summed E-state index contributed by atoms with van der Waals surface area (Å²) in [5, 5.41) is 8.51. The van der Waals surface area contributed by atoms with Crippen molar-refractivity contribution in [2.75, 3.05) is 0 Å². The molecule has 0 radical (unpaired) electrons. The molecule has 0 aromatic carbocycles. The summed E-state index contributed by atoms with van der Waals surface area (Å²) in [6.45, 7) is 8.26. The van der Waals surface area contributed by atoms with Crippen molar-refractivity contribution in [1.29, 1.82) is 0 Å². The Labute approximate surface area is 144 Å². The Morgan fingerprint density at radius 3 is 1.61 bits per heavy atom. The molecule has 0 unspecified atom stereocenters. The quantitative estimate of drug-likeness (QED) is 0.292. The summed E-state index contributed by atoms with van der Waals surface area (Å²) in [5.74, 6) is -0.664. The van der Waals surface area contributed by atoms with Gasteiger partial charge in [-0.1, -0.05) is 70.4 Å². The SMILES string of the molecule is C=C.CCCCCCCC/C=C\CCCCCCCC(=O)O.O. The van der Waals surface area contributed by atoms with Gasteiger partial charge in [0, 0.05) is 6.42 Å². The average Bonchev–Trinajstić information content (AvgIpc) is 2.53. The molecule has 0 aliphatic rings. The van der Waals surface area contributed by atoms with E-state index in [0.29, 0.717) is 6.42 Å². The van der Waals surface area contributed by atoms with Crippen LogP contribution >= 0.6 is 0 Å². The molecule has 0 fully saturated rings. The maximum Gasteiger partial charge on any atom is 0.303 e. The molecule has 3 N–H and O–H groups in total. The van der Waals surface area contributed by atoms with Crippen LogP contribution in [0.2, 0.25) is 0 Å². The monoisotopic (exact) mass is 328 g/mol. The number of unbranched alkanes of at least 4 members (excludes halogenated alkanes) is 11. The molecule has 0 amide bonds. The summed E-state index contributed by atoms with van der Waals surface area (Å²) in [5.41, 5.74) is 0. The van der Waals surface area contributed by atoms with Crippen molar-refractivity contribution >= 4 is 5.97 Å². The Morgan fingerprint density at radius 1 is 0.783 bits per heavy atom. The summed E-state index contributed by atoms with van der Waals surface area (Å²) < 4.78 is 0. The van der Waals surface area contributed by atoms with Gasteiger partial charge in [-0.15, -0.1) is 13.2 Å². The number of allylic oxidation sites excluding steroid dienone is 2. The maximum atomic E-state index is 10.3. The number of rotatable bonds is 15. The third-order valence-corrected chi connectivity index (χ3v) is 3.65. The molecule has 0 heterocycles. The van der Waals surface area contributed by atoms with Crippen molar-refractivity contribution in [3.05, 3.63) is 25.3 Å². The van der Waals surface area contributed by atoms with E-state index in [4.69, 9.17) is 5.11 Å². The molecule has 0 aliphatic carbocycles. The molecule has 0 aliphatic heterocycles. The number of carboxylic acids is 1. The molecule has 0 spiro atoms. The lowest BCUT2D eigenvalue weighted by Crippen LogP contribution is -1.93. The molecule has 3 nitrogen and oxygen atoms in total. The van der Waals surface area contributed by atoms with Crippen LogP contribution in [-0.4, -0.2) is 16.6 Å². The van der Waals surface area contributed by atoms with Crippen molar-refractivity contribution in [2.45, 2.75) is 96.8 Å². The van der Waals surface area contributed by atoms with Crippen LogP contribution in [0.5, 0.6) is 0 Å². The van der Waals surface area contributed by atoms with Crippen LogP contribution in [0.3, 0.4) is 0 Å². The van der Waals surface area contributed by atoms with Crippen molar-refractivity contribution in [1.82, 2.24) is 0 Å². The number of hydrogen-bond acceptors (Lipinski definition) is 1. The standard InChI is InChI=1S/C18H34O2.C2H4.H2O/c1-2-3-4-5-6-7-8-9-10-11-12-13-14-15-16-17-18(19)20;1-2;/h9-10H,2-8,11-17H2,1H3,(H,19,20);1-2H2;1H2/b10-9-;;. The van der Waals surface area contributed by atoms with Gasteiger partial charge in [-0.2, -0.15) is 0 Å². The van der Waals surface area contributed by atoms with E-state index < -0.39 is 5.97 Å². The van der Waals surface area contributed by atoms with Gasteiger partial charge in [-0.05, 0) is 32.1 Å². The van der Waals surface area contributed by atoms with Gasteiger partial charge in [-0.25, -0.2) is 0 Å². The van der Waals surface area contributed by atoms with Gasteiger partial charge >= 0.3 is 5.97 Å². The van der Waals surface area contributed by atoms with Crippen LogP contribution in [0.25, 0.3) is 0 Å². The zero-order valence-corrected chi connectivity index (χ0v) is 15.3. The molecular weight excluding hydrogens is 288 g/mol. The number of hydrogen-bond donors (Lipinski definition) is 1. The first kappa shape index (κ1) is 26.8. The molecule has 0 atom stereocenters. The summed E-state index contributed by atoms with van der Waals surface area (Å²) in [4.78, 5) is 10.3. The Morgan fingerprint density at radius 2 is 1.17 bits per heavy atom. The Bertz CT molecular complexity index is 249. The minimum atomic E-state index is -0.664. The Balaban J connectivity index is -0.00000128. The molecule has 0 rings (SSSR count). The van der Waals surface area contributed by atoms with Crippen LogP contribution in [0.1, 0.15) is 96.8 Å². The summed E-state index contributed by atoms with van der Waals surface area (Å²) in [6, 6.07) is 0. The fourth-order valence-electron chi connectivity index (χ4n) is 2.35. The van der Waals surface area contributed by atoms with E-state index in [0.717, 1.165) is 12.8 Å². The van der Waals surface area contributed by atoms with E-state index in [9.17, 15) is 4.79 Å². The largest absolute Gasteiger partial charge is 0.481 e. The van der Waals surface area contributed by atoms with Gasteiger partial charge in [-0.3, -0.25) is 4.79 Å². The van der Waals surface area contributed by atoms with Crippen molar-refractivity contribution in [3.8, 4) is 0 Å². The van der Waals surface area contributed by atoms with Crippen molar-refractivity contribution < 1.29 is 15.4 Å². The van der Waals surface area contributed by atoms with E-state index in [1.54, 1.807) is 0 Å². The predicted octanol–water partition coefficient (Wildman–Crippen LogP) is 6.09. The van der Waals surface area contributed by atoms with Gasteiger partial charge in [0.1, 0.15) is 0 Å². The van der Waals surface area contributed by atoms with E-state index in [1.807, 2.05) is 0 Å². The predicted molar refractivity (Wildman–Crippen MR) is 102 cm³/mol. The van der Waals surface area contributed by atoms with Crippen molar-refractivity contribution in [2.24, 2.45) is 0 Å². The van der Waals surface area contributed by atoms with E-state index >= 15 is 0 Å². The molecule has 23 heavy (non-hydrogen) atoms. The first-order valence-electron chi connectivity index (χ1n) is 9.14. The Hall–Kier alpha value is -1.09. The minimum Gasteiger partial charge on any atom is -0.481 e. The molecule has 0 saturated carbocycles. The van der Waals surface area contributed by atoms with Crippen LogP contribution in [0, 0.1) is 0 Å². The molecule has 0 aromatic rings. The second-order valence-electron chi connectivity index (χ2n) is 5.73. The second kappa shape index (κ2) is 25.8. The van der Waals surface area contributed by atoms with E-state index in [2.05, 4.69) is 32.2 Å². The van der Waals surface area contributed by atoms with E-state index in [-0.39, 0.29) is 5.48 Å². The van der Waals surface area contributed by atoms with Gasteiger partial charge in [0.25, 0.3) is 0 Å². The highest BCUT2D eigenvalue weighted by Crippen LogP contribution is 2.09. The average molecular weight is 329 g/mol. The first-order chi connectivity index (χ1) is 10.8. The zero-order valence-electron chi connectivity index (χ0n) is 15.3. The Kier molecular flexibility index (Phi) is 30.1. The fraction of sp³-hybridized carbons (Fsp3) is 0.750. The molecule has 3 heteroatoms. The lowest BCUT2D eigenvalue weighted by atomic mass is 10.1. The van der Waals surface area contributed by atoms with Gasteiger partial charge in [0.2, 0.25) is 0 Å². The van der Waals surface area contributed by atoms with Crippen LogP contribution in [0.4, 0.5) is 0 Å². The highest BCUT2D eigenvalue weighted by atomic mass is 16.4. The third-order valence-electron chi connectivity index (χ3n) is 3.65. The summed E-state index contributed by atoms with van der Waals surface area (Å²) in [7, 11) is 0. The van der Waals surface area contributed by atoms with Gasteiger partial charge < -0.3 is 10.6 Å². The minimum absolute atomic E-state index is 0. The maximum absolute atomic E-state index is 10.3. The lowest BCUT2D eigenvalue weighted by Gasteiger charge is -1.99. The topological polar surface area (TPSA) is 68.8 Å². The van der Waals surface area contributed by atoms with Crippen molar-refractivity contribution in [3.63, 3.8) is 0 Å². The number of aliphatic carboxylic acids is 1. The molecule has 0 saturated heterocycles. The second-order valence-corrected chi connectivity index (χ2v) is 5.73. The summed E-state index contributed by atoms with van der Waals surface area (Å²) in [6.07, 6.45) is 21.2. The van der Waals surface area contributed by atoms with Crippen LogP contribution < -0.4 is 0 Å². The fourth-order valence-corrected chi connectivity index (χ4v) is 2.35. The normalized spacial score (nSPS) is 9.96. The van der Waals surface area contributed by atoms with E-state index in [1.165, 1.54) is 70.6 Å². The smallest absolute Gasteiger partial charge is 0.303 e. The number of carbonyl (C=O) groups is 1. The van der Waals surface area contributed by atoms with Gasteiger partial charge in [0.05, 0.1) is 0 Å². The lowest BCUT2D eigenvalue weighted by molar-refractivity contribution is -0.137. The highest BCUT2D eigenvalue weighted by molar-refractivity contribution is 5.66. The zero-order chi connectivity index (χ0) is 16.9. The third kappa shape index (κ3) is 29.5. The molecule has 0 bridgehead atoms. The molecule has 138 valence electrons. The molecular formula is C20H40O3. The highest BCUT2D eigenvalue weighted by Gasteiger charge is 1.95. The van der Waals surface area contributed by atoms with Crippen LogP contribution in [-0.2, 0) is 4.79 Å². The summed E-state index contributed by atoms with van der Waals surface area (Å²) >= 11 is 0. The van der Waals surface area contributed by atoms with Crippen LogP contribution in [0.15, 0.2) is 25.3 Å². The first-order valence-corrected chi connectivity index (χ1v) is 9.14. The van der Waals surface area contributed by atoms with Gasteiger partial charge in [0.15, 0.2) is 0 Å².